The van der Waals surface area contributed by atoms with Crippen LogP contribution in [0, 0.1) is 0 Å². The van der Waals surface area contributed by atoms with Gasteiger partial charge in [0.2, 0.25) is 0 Å². The van der Waals surface area contributed by atoms with Crippen LogP contribution in [0.25, 0.3) is 0 Å². The van der Waals surface area contributed by atoms with Gasteiger partial charge in [-0.15, -0.1) is 0 Å². The Balaban J connectivity index is 2.04. The van der Waals surface area contributed by atoms with Crippen molar-refractivity contribution in [2.75, 3.05) is 14.2 Å². The van der Waals surface area contributed by atoms with E-state index in [0.717, 1.165) is 24.1 Å². The van der Waals surface area contributed by atoms with Crippen LogP contribution < -0.4 is 9.47 Å². The normalized spacial score (nSPS) is 16.4. The highest BCUT2D eigenvalue weighted by Gasteiger charge is 2.33. The maximum Gasteiger partial charge on any atom is 0.179 e. The smallest absolute Gasteiger partial charge is 0.179 e. The van der Waals surface area contributed by atoms with Gasteiger partial charge in [-0.05, 0) is 36.6 Å². The molecule has 1 aliphatic rings. The summed E-state index contributed by atoms with van der Waals surface area (Å²) in [5.41, 5.74) is 2.55. The largest absolute Gasteiger partial charge is 0.496 e. The number of methoxy groups -OCH3 is 2. The fraction of sp³-hybridized carbons (Fsp3) is 0.294. The van der Waals surface area contributed by atoms with E-state index in [-0.39, 0.29) is 11.7 Å². The molecule has 1 heterocycles. The van der Waals surface area contributed by atoms with E-state index in [1.165, 1.54) is 0 Å². The maximum absolute atomic E-state index is 13.0. The van der Waals surface area contributed by atoms with Gasteiger partial charge in [0.1, 0.15) is 17.1 Å². The van der Waals surface area contributed by atoms with E-state index in [9.17, 15) is 4.79 Å². The molecule has 2 aromatic rings. The zero-order valence-corrected chi connectivity index (χ0v) is 12.1. The minimum atomic E-state index is -0.216. The first kappa shape index (κ1) is 13.6. The van der Waals surface area contributed by atoms with Crippen LogP contribution >= 0.6 is 0 Å². The lowest BCUT2D eigenvalue weighted by molar-refractivity contribution is 0.0952. The standard InChI is InChI=1S/C17H17NO3/c1-20-13-6-3-7-14(21-2)15(13)17(19)12-9-8-11-5-4-10-18-16(11)12/h3-7,10,12H,8-9H2,1-2H3. The van der Waals surface area contributed by atoms with Crippen LogP contribution in [-0.2, 0) is 6.42 Å². The highest BCUT2D eigenvalue weighted by Crippen LogP contribution is 2.38. The Morgan fingerprint density at radius 2 is 1.86 bits per heavy atom. The van der Waals surface area contributed by atoms with Gasteiger partial charge in [-0.1, -0.05) is 12.1 Å². The molecule has 1 atom stereocenters. The summed E-state index contributed by atoms with van der Waals surface area (Å²) in [6, 6.07) is 9.33. The molecule has 108 valence electrons. The van der Waals surface area contributed by atoms with E-state index >= 15 is 0 Å². The molecule has 0 fully saturated rings. The highest BCUT2D eigenvalue weighted by molar-refractivity contribution is 6.05. The van der Waals surface area contributed by atoms with Gasteiger partial charge < -0.3 is 9.47 Å². The molecule has 0 bridgehead atoms. The number of nitrogens with zero attached hydrogens (tertiary/aromatic N) is 1. The first-order valence-electron chi connectivity index (χ1n) is 6.95. The van der Waals surface area contributed by atoms with Crippen LogP contribution in [0.5, 0.6) is 11.5 Å². The molecule has 0 saturated carbocycles. The molecule has 0 radical (unpaired) electrons. The number of carbonyl (C=O) groups excluding carboxylic acids is 1. The summed E-state index contributed by atoms with van der Waals surface area (Å²) in [6.45, 7) is 0. The molecule has 21 heavy (non-hydrogen) atoms. The molecular weight excluding hydrogens is 266 g/mol. The molecule has 1 aromatic heterocycles. The third kappa shape index (κ3) is 2.27. The summed E-state index contributed by atoms with van der Waals surface area (Å²) in [7, 11) is 3.12. The van der Waals surface area contributed by atoms with Crippen molar-refractivity contribution in [2.45, 2.75) is 18.8 Å². The van der Waals surface area contributed by atoms with Crippen molar-refractivity contribution in [3.05, 3.63) is 53.3 Å². The number of Topliss-reactive ketones (excluding diaryl/α,β-unsaturated/α-hetero) is 1. The first-order valence-corrected chi connectivity index (χ1v) is 6.95. The fourth-order valence-electron chi connectivity index (χ4n) is 2.94. The van der Waals surface area contributed by atoms with Gasteiger partial charge >= 0.3 is 0 Å². The van der Waals surface area contributed by atoms with Crippen molar-refractivity contribution in [3.63, 3.8) is 0 Å². The Morgan fingerprint density at radius 3 is 2.52 bits per heavy atom. The summed E-state index contributed by atoms with van der Waals surface area (Å²) in [6.07, 6.45) is 3.41. The number of ether oxygens (including phenoxy) is 2. The molecule has 4 heteroatoms. The summed E-state index contributed by atoms with van der Waals surface area (Å²) in [5, 5.41) is 0. The minimum Gasteiger partial charge on any atom is -0.496 e. The van der Waals surface area contributed by atoms with E-state index in [1.54, 1.807) is 32.5 Å². The van der Waals surface area contributed by atoms with E-state index in [2.05, 4.69) is 4.98 Å². The Morgan fingerprint density at radius 1 is 1.14 bits per heavy atom. The van der Waals surface area contributed by atoms with Crippen molar-refractivity contribution in [1.29, 1.82) is 0 Å². The number of aryl methyl sites for hydroxylation is 1. The van der Waals surface area contributed by atoms with Gasteiger partial charge in [0.25, 0.3) is 0 Å². The van der Waals surface area contributed by atoms with Crippen LogP contribution in [0.3, 0.4) is 0 Å². The molecule has 0 saturated heterocycles. The minimum absolute atomic E-state index is 0.0155. The number of carbonyl (C=O) groups is 1. The zero-order chi connectivity index (χ0) is 14.8. The van der Waals surface area contributed by atoms with Crippen molar-refractivity contribution in [1.82, 2.24) is 4.98 Å². The maximum atomic E-state index is 13.0. The van der Waals surface area contributed by atoms with Crippen molar-refractivity contribution in [3.8, 4) is 11.5 Å². The first-order chi connectivity index (χ1) is 10.3. The number of fused-ring (bicyclic) bond motifs is 1. The summed E-state index contributed by atoms with van der Waals surface area (Å²) in [4.78, 5) is 17.4. The molecule has 3 rings (SSSR count). The monoisotopic (exact) mass is 283 g/mol. The number of pyridine rings is 1. The van der Waals surface area contributed by atoms with Crippen molar-refractivity contribution in [2.24, 2.45) is 0 Å². The van der Waals surface area contributed by atoms with Gasteiger partial charge in [0.15, 0.2) is 5.78 Å². The Bertz CT molecular complexity index is 659. The van der Waals surface area contributed by atoms with Gasteiger partial charge in [-0.2, -0.15) is 0 Å². The second-order valence-corrected chi connectivity index (χ2v) is 5.04. The molecule has 1 aliphatic carbocycles. The van der Waals surface area contributed by atoms with Gasteiger partial charge in [0.05, 0.1) is 25.8 Å². The molecule has 0 spiro atoms. The SMILES string of the molecule is COc1cccc(OC)c1C(=O)C1CCc2cccnc21. The number of ketones is 1. The van der Waals surface area contributed by atoms with Crippen LogP contribution in [-0.4, -0.2) is 25.0 Å². The predicted molar refractivity (Wildman–Crippen MR) is 79.2 cm³/mol. The number of rotatable bonds is 4. The second-order valence-electron chi connectivity index (χ2n) is 5.04. The van der Waals surface area contributed by atoms with Gasteiger partial charge in [-0.3, -0.25) is 9.78 Å². The number of aromatic nitrogens is 1. The van der Waals surface area contributed by atoms with Crippen molar-refractivity contribution >= 4 is 5.78 Å². The molecule has 1 unspecified atom stereocenters. The van der Waals surface area contributed by atoms with Crippen molar-refractivity contribution < 1.29 is 14.3 Å². The average molecular weight is 283 g/mol. The summed E-state index contributed by atoms with van der Waals surface area (Å²) >= 11 is 0. The van der Waals surface area contributed by atoms with Crippen LogP contribution in [0.4, 0.5) is 0 Å². The zero-order valence-electron chi connectivity index (χ0n) is 12.1. The lowest BCUT2D eigenvalue weighted by Crippen LogP contribution is -2.14. The van der Waals surface area contributed by atoms with Gasteiger partial charge in [0, 0.05) is 6.20 Å². The molecule has 0 N–H and O–H groups in total. The topological polar surface area (TPSA) is 48.4 Å². The fourth-order valence-corrected chi connectivity index (χ4v) is 2.94. The molecule has 4 nitrogen and oxygen atoms in total. The molecule has 0 aliphatic heterocycles. The third-order valence-electron chi connectivity index (χ3n) is 3.95. The lowest BCUT2D eigenvalue weighted by Gasteiger charge is -2.15. The molecular formula is C17H17NO3. The summed E-state index contributed by atoms with van der Waals surface area (Å²) in [5.74, 6) is 0.889. The number of benzene rings is 1. The number of hydrogen-bond donors (Lipinski definition) is 0. The quantitative estimate of drug-likeness (QED) is 0.809. The van der Waals surface area contributed by atoms with Crippen LogP contribution in [0.2, 0.25) is 0 Å². The van der Waals surface area contributed by atoms with E-state index in [0.29, 0.717) is 17.1 Å². The molecule has 0 amide bonds. The Kier molecular flexibility index (Phi) is 3.60. The predicted octanol–water partition coefficient (Wildman–Crippen LogP) is 3.01. The Hall–Kier alpha value is -2.36. The van der Waals surface area contributed by atoms with Gasteiger partial charge in [-0.25, -0.2) is 0 Å². The average Bonchev–Trinajstić information content (AvgIpc) is 2.97. The second kappa shape index (κ2) is 5.56. The number of hydrogen-bond acceptors (Lipinski definition) is 4. The lowest BCUT2D eigenvalue weighted by atomic mass is 9.94. The Labute approximate surface area is 123 Å². The molecule has 1 aromatic carbocycles. The van der Waals surface area contributed by atoms with Crippen LogP contribution in [0.15, 0.2) is 36.5 Å². The summed E-state index contributed by atoms with van der Waals surface area (Å²) < 4.78 is 10.7. The van der Waals surface area contributed by atoms with E-state index < -0.39 is 0 Å². The van der Waals surface area contributed by atoms with Crippen LogP contribution in [0.1, 0.15) is 34.0 Å². The third-order valence-corrected chi connectivity index (χ3v) is 3.95. The van der Waals surface area contributed by atoms with E-state index in [4.69, 9.17) is 9.47 Å². The highest BCUT2D eigenvalue weighted by atomic mass is 16.5. The van der Waals surface area contributed by atoms with E-state index in [1.807, 2.05) is 18.2 Å².